The molecule has 0 saturated carbocycles. The maximum Gasteiger partial charge on any atom is 0.410 e. The second kappa shape index (κ2) is 9.44. The maximum absolute atomic E-state index is 13.0. The van der Waals surface area contributed by atoms with Gasteiger partial charge in [0.1, 0.15) is 11.1 Å². The van der Waals surface area contributed by atoms with Gasteiger partial charge in [-0.2, -0.15) is 5.10 Å². The number of nitrogens with zero attached hydrogens (tertiary/aromatic N) is 5. The van der Waals surface area contributed by atoms with Crippen LogP contribution >= 0.6 is 23.2 Å². The Labute approximate surface area is 206 Å². The first-order chi connectivity index (χ1) is 16.0. The molecule has 0 radical (unpaired) electrons. The number of aromatic nitrogens is 4. The van der Waals surface area contributed by atoms with Crippen LogP contribution in [0.5, 0.6) is 0 Å². The van der Waals surface area contributed by atoms with Gasteiger partial charge in [-0.1, -0.05) is 23.2 Å². The molecule has 4 rings (SSSR count). The molecule has 2 aromatic heterocycles. The molecule has 1 fully saturated rings. The number of carbonyl (C=O) groups excluding carboxylic acids is 1. The lowest BCUT2D eigenvalue weighted by molar-refractivity contribution is -0.0479. The van der Waals surface area contributed by atoms with Gasteiger partial charge in [-0.3, -0.25) is 14.5 Å². The SMILES string of the molecule is CN(c1ccc(Cl)c(Cl)c1)c1nc2cnn(CC3CN(C(=O)OC(C)(C)C)CCO3)c2c(=O)[nH]1. The monoisotopic (exact) mass is 508 g/mol. The Morgan fingerprint density at radius 2 is 2.09 bits per heavy atom. The fourth-order valence-corrected chi connectivity index (χ4v) is 3.91. The standard InChI is InChI=1S/C22H26Cl2N6O4/c1-22(2,3)34-21(32)29-7-8-33-14(11-29)12-30-18-17(10-25-30)26-20(27-19(18)31)28(4)13-5-6-15(23)16(24)9-13/h5-6,9-10,14H,7-8,11-12H2,1-4H3,(H,26,27,31). The van der Waals surface area contributed by atoms with Crippen molar-refractivity contribution in [2.75, 3.05) is 31.6 Å². The number of H-pyrrole nitrogens is 1. The first kappa shape index (κ1) is 24.3. The molecular weight excluding hydrogens is 483 g/mol. The number of ether oxygens (including phenoxy) is 2. The molecule has 1 saturated heterocycles. The molecule has 10 nitrogen and oxygen atoms in total. The van der Waals surface area contributed by atoms with Crippen LogP contribution < -0.4 is 10.5 Å². The van der Waals surface area contributed by atoms with E-state index >= 15 is 0 Å². The van der Waals surface area contributed by atoms with Crippen LogP contribution in [0, 0.1) is 0 Å². The van der Waals surface area contributed by atoms with Gasteiger partial charge in [-0.05, 0) is 39.0 Å². The molecule has 0 aliphatic carbocycles. The van der Waals surface area contributed by atoms with Crippen molar-refractivity contribution in [3.05, 3.63) is 44.8 Å². The van der Waals surface area contributed by atoms with Gasteiger partial charge in [0, 0.05) is 19.3 Å². The molecule has 12 heteroatoms. The first-order valence-electron chi connectivity index (χ1n) is 10.8. The van der Waals surface area contributed by atoms with Crippen molar-refractivity contribution >= 4 is 52.0 Å². The van der Waals surface area contributed by atoms with Gasteiger partial charge in [0.2, 0.25) is 5.95 Å². The summed E-state index contributed by atoms with van der Waals surface area (Å²) in [5.41, 5.74) is 0.547. The number of nitrogens with one attached hydrogen (secondary N) is 1. The number of anilines is 2. The molecule has 34 heavy (non-hydrogen) atoms. The Morgan fingerprint density at radius 1 is 1.32 bits per heavy atom. The fourth-order valence-electron chi connectivity index (χ4n) is 3.62. The first-order valence-corrected chi connectivity index (χ1v) is 11.5. The number of hydrogen-bond donors (Lipinski definition) is 1. The van der Waals surface area contributed by atoms with Crippen LogP contribution in [0.15, 0.2) is 29.2 Å². The van der Waals surface area contributed by atoms with Crippen molar-refractivity contribution in [3.63, 3.8) is 0 Å². The summed E-state index contributed by atoms with van der Waals surface area (Å²) >= 11 is 12.1. The Hall–Kier alpha value is -2.82. The van der Waals surface area contributed by atoms with Crippen LogP contribution in [-0.2, 0) is 16.0 Å². The zero-order chi connectivity index (χ0) is 24.6. The Morgan fingerprint density at radius 3 is 2.79 bits per heavy atom. The number of fused-ring (bicyclic) bond motifs is 1. The van der Waals surface area contributed by atoms with Crippen LogP contribution in [0.2, 0.25) is 10.0 Å². The smallest absolute Gasteiger partial charge is 0.410 e. The van der Waals surface area contributed by atoms with E-state index < -0.39 is 5.60 Å². The van der Waals surface area contributed by atoms with E-state index in [2.05, 4.69) is 15.1 Å². The minimum Gasteiger partial charge on any atom is -0.444 e. The van der Waals surface area contributed by atoms with Gasteiger partial charge in [-0.15, -0.1) is 0 Å². The predicted molar refractivity (Wildman–Crippen MR) is 130 cm³/mol. The Bertz CT molecular complexity index is 1270. The molecule has 3 aromatic rings. The van der Waals surface area contributed by atoms with Crippen molar-refractivity contribution in [3.8, 4) is 0 Å². The fraction of sp³-hybridized carbons (Fsp3) is 0.455. The van der Waals surface area contributed by atoms with Gasteiger partial charge in [0.05, 0.1) is 42.0 Å². The third-order valence-electron chi connectivity index (χ3n) is 5.26. The quantitative estimate of drug-likeness (QED) is 0.570. The van der Waals surface area contributed by atoms with Gasteiger partial charge in [-0.25, -0.2) is 9.78 Å². The highest BCUT2D eigenvalue weighted by atomic mass is 35.5. The maximum atomic E-state index is 13.0. The van der Waals surface area contributed by atoms with E-state index in [-0.39, 0.29) is 24.3 Å². The van der Waals surface area contributed by atoms with E-state index in [9.17, 15) is 9.59 Å². The summed E-state index contributed by atoms with van der Waals surface area (Å²) in [6.07, 6.45) is 0.800. The number of halogens is 2. The second-order valence-corrected chi connectivity index (χ2v) is 9.84. The number of carbonyl (C=O) groups is 1. The van der Waals surface area contributed by atoms with Gasteiger partial charge in [0.15, 0.2) is 5.52 Å². The van der Waals surface area contributed by atoms with Crippen LogP contribution in [0.4, 0.5) is 16.4 Å². The molecule has 1 aliphatic rings. The summed E-state index contributed by atoms with van der Waals surface area (Å²) in [6.45, 7) is 6.91. The molecule has 1 aromatic carbocycles. The number of morpholine rings is 1. The third-order valence-corrected chi connectivity index (χ3v) is 6.00. The molecule has 0 spiro atoms. The summed E-state index contributed by atoms with van der Waals surface area (Å²) in [5, 5.41) is 5.18. The summed E-state index contributed by atoms with van der Waals surface area (Å²) in [4.78, 5) is 36.0. The third kappa shape index (κ3) is 5.29. The van der Waals surface area contributed by atoms with Crippen LogP contribution in [0.1, 0.15) is 20.8 Å². The molecule has 1 atom stereocenters. The Kier molecular flexibility index (Phi) is 6.75. The average molecular weight is 509 g/mol. The molecule has 1 unspecified atom stereocenters. The minimum atomic E-state index is -0.579. The second-order valence-electron chi connectivity index (χ2n) is 9.03. The minimum absolute atomic E-state index is 0.287. The average Bonchev–Trinajstić information content (AvgIpc) is 3.17. The van der Waals surface area contributed by atoms with Crippen LogP contribution in [0.25, 0.3) is 11.0 Å². The molecule has 1 aliphatic heterocycles. The van der Waals surface area contributed by atoms with E-state index in [4.69, 9.17) is 32.7 Å². The molecule has 1 N–H and O–H groups in total. The normalized spacial score (nSPS) is 16.6. The molecule has 182 valence electrons. The van der Waals surface area contributed by atoms with Gasteiger partial charge >= 0.3 is 6.09 Å². The van der Waals surface area contributed by atoms with Crippen LogP contribution in [0.3, 0.4) is 0 Å². The number of hydrogen-bond acceptors (Lipinski definition) is 7. The number of amides is 1. The summed E-state index contributed by atoms with van der Waals surface area (Å²) in [5.74, 6) is 0.334. The topological polar surface area (TPSA) is 106 Å². The highest BCUT2D eigenvalue weighted by Gasteiger charge is 2.29. The molecular formula is C22H26Cl2N6O4. The highest BCUT2D eigenvalue weighted by Crippen LogP contribution is 2.29. The zero-order valence-corrected chi connectivity index (χ0v) is 20.9. The summed E-state index contributed by atoms with van der Waals surface area (Å²) < 4.78 is 12.8. The van der Waals surface area contributed by atoms with Crippen molar-refractivity contribution in [2.45, 2.75) is 39.0 Å². The summed E-state index contributed by atoms with van der Waals surface area (Å²) in [7, 11) is 1.76. The van der Waals surface area contributed by atoms with E-state index in [0.29, 0.717) is 52.4 Å². The van der Waals surface area contributed by atoms with Crippen molar-refractivity contribution in [2.24, 2.45) is 0 Å². The number of aromatic amines is 1. The van der Waals surface area contributed by atoms with Crippen LogP contribution in [-0.4, -0.2) is 69.2 Å². The molecule has 3 heterocycles. The molecule has 1 amide bonds. The van der Waals surface area contributed by atoms with Gasteiger partial charge < -0.3 is 19.3 Å². The molecule has 0 bridgehead atoms. The van der Waals surface area contributed by atoms with E-state index in [1.165, 1.54) is 6.20 Å². The predicted octanol–water partition coefficient (Wildman–Crippen LogP) is 3.83. The van der Waals surface area contributed by atoms with E-state index in [0.717, 1.165) is 0 Å². The zero-order valence-electron chi connectivity index (χ0n) is 19.3. The Balaban J connectivity index is 1.53. The lowest BCUT2D eigenvalue weighted by Gasteiger charge is -2.34. The lowest BCUT2D eigenvalue weighted by atomic mass is 10.2. The van der Waals surface area contributed by atoms with Gasteiger partial charge in [0.25, 0.3) is 5.56 Å². The van der Waals surface area contributed by atoms with Crippen molar-refractivity contribution in [1.29, 1.82) is 0 Å². The van der Waals surface area contributed by atoms with Crippen molar-refractivity contribution < 1.29 is 14.3 Å². The highest BCUT2D eigenvalue weighted by molar-refractivity contribution is 6.42. The van der Waals surface area contributed by atoms with Crippen molar-refractivity contribution in [1.82, 2.24) is 24.6 Å². The lowest BCUT2D eigenvalue weighted by Crippen LogP contribution is -2.48. The summed E-state index contributed by atoms with van der Waals surface area (Å²) in [6, 6.07) is 5.14. The largest absolute Gasteiger partial charge is 0.444 e. The van der Waals surface area contributed by atoms with E-state index in [1.54, 1.807) is 39.7 Å². The number of benzene rings is 1. The van der Waals surface area contributed by atoms with E-state index in [1.807, 2.05) is 20.8 Å². The number of rotatable bonds is 4.